The van der Waals surface area contributed by atoms with Crippen LogP contribution in [0.1, 0.15) is 0 Å². The third-order valence-electron chi connectivity index (χ3n) is 0.197. The van der Waals surface area contributed by atoms with Crippen LogP contribution >= 0.6 is 0 Å². The van der Waals surface area contributed by atoms with Gasteiger partial charge < -0.3 is 0 Å². The summed E-state index contributed by atoms with van der Waals surface area (Å²) in [6.07, 6.45) is 2.35. The molecule has 40 valence electrons. The Kier molecular flexibility index (Phi) is 4.00. The van der Waals surface area contributed by atoms with Crippen LogP contribution < -0.4 is 0 Å². The van der Waals surface area contributed by atoms with Gasteiger partial charge in [-0.1, -0.05) is 0 Å². The molecule has 0 unspecified atom stereocenters. The van der Waals surface area contributed by atoms with E-state index in [9.17, 15) is 0 Å². The van der Waals surface area contributed by atoms with Crippen molar-refractivity contribution in [3.63, 3.8) is 0 Å². The van der Waals surface area contributed by atoms with Gasteiger partial charge in [0, 0.05) is 0 Å². The van der Waals surface area contributed by atoms with E-state index in [-0.39, 0.29) is 0 Å². The van der Waals surface area contributed by atoms with Gasteiger partial charge in [-0.25, -0.2) is 0 Å². The van der Waals surface area contributed by atoms with Crippen LogP contribution in [0.15, 0.2) is 10.6 Å². The zero-order valence-corrected chi connectivity index (χ0v) is 3.61. The van der Waals surface area contributed by atoms with Crippen molar-refractivity contribution in [3.8, 4) is 12.5 Å². The van der Waals surface area contributed by atoms with Crippen molar-refractivity contribution < 1.29 is 9.68 Å². The molecule has 0 heterocycles. The summed E-state index contributed by atoms with van der Waals surface area (Å²) in [5, 5.41) is 20.4. The standard InChI is InChI=1S/C2N4O2/c3-1-7-5-6-8-2-4. The minimum atomic E-state index is 1.18. The molecule has 0 saturated heterocycles. The van der Waals surface area contributed by atoms with Gasteiger partial charge in [-0.05, 0) is 0 Å². The van der Waals surface area contributed by atoms with Crippen LogP contribution in [0.4, 0.5) is 0 Å². The van der Waals surface area contributed by atoms with Gasteiger partial charge in [0.05, 0.1) is 10.6 Å². The minimum absolute atomic E-state index is 1.18. The quantitative estimate of drug-likeness (QED) is 0.291. The van der Waals surface area contributed by atoms with Gasteiger partial charge in [-0.15, -0.1) is 10.5 Å². The van der Waals surface area contributed by atoms with Crippen LogP contribution in [0, 0.1) is 23.0 Å². The Morgan fingerprint density at radius 3 is 1.62 bits per heavy atom. The van der Waals surface area contributed by atoms with Crippen molar-refractivity contribution >= 4 is 0 Å². The zero-order chi connectivity index (χ0) is 6.24. The molecule has 6 nitrogen and oxygen atoms in total. The Hall–Kier alpha value is -1.82. The average molecular weight is 112 g/mol. The summed E-state index contributed by atoms with van der Waals surface area (Å²) < 4.78 is 0. The van der Waals surface area contributed by atoms with E-state index in [1.807, 2.05) is 0 Å². The van der Waals surface area contributed by atoms with Crippen molar-refractivity contribution in [2.75, 3.05) is 0 Å². The van der Waals surface area contributed by atoms with Crippen molar-refractivity contribution in [2.45, 2.75) is 0 Å². The third-order valence-corrected chi connectivity index (χ3v) is 0.197. The Morgan fingerprint density at radius 2 is 1.38 bits per heavy atom. The molecule has 0 aliphatic heterocycles. The lowest BCUT2D eigenvalue weighted by Gasteiger charge is -1.72. The highest BCUT2D eigenvalue weighted by Gasteiger charge is 1.70. The van der Waals surface area contributed by atoms with Crippen LogP contribution in [0.25, 0.3) is 0 Å². The smallest absolute Gasteiger partial charge is 0.253 e. The van der Waals surface area contributed by atoms with E-state index < -0.39 is 0 Å². The fourth-order valence-corrected chi connectivity index (χ4v) is 0.0698. The number of nitriles is 2. The van der Waals surface area contributed by atoms with Gasteiger partial charge in [0.25, 0.3) is 0 Å². The van der Waals surface area contributed by atoms with Crippen molar-refractivity contribution in [1.29, 1.82) is 10.5 Å². The van der Waals surface area contributed by atoms with E-state index >= 15 is 0 Å². The van der Waals surface area contributed by atoms with Gasteiger partial charge in [0.2, 0.25) is 0 Å². The second kappa shape index (κ2) is 5.18. The van der Waals surface area contributed by atoms with Crippen LogP contribution in [0.2, 0.25) is 0 Å². The summed E-state index contributed by atoms with van der Waals surface area (Å²) in [7, 11) is 0. The first-order valence-corrected chi connectivity index (χ1v) is 1.42. The summed E-state index contributed by atoms with van der Waals surface area (Å²) >= 11 is 0. The maximum Gasteiger partial charge on any atom is 0.318 e. The second-order valence-electron chi connectivity index (χ2n) is 0.528. The van der Waals surface area contributed by atoms with Crippen LogP contribution in [0.3, 0.4) is 0 Å². The molecule has 0 atom stereocenters. The molecule has 0 amide bonds. The molecule has 0 aliphatic rings. The molecule has 0 aromatic heterocycles. The molecule has 0 radical (unpaired) electrons. The largest absolute Gasteiger partial charge is 0.318 e. The first-order valence-electron chi connectivity index (χ1n) is 1.42. The molecule has 6 heteroatoms. The second-order valence-corrected chi connectivity index (χ2v) is 0.528. The molecule has 0 aliphatic carbocycles. The van der Waals surface area contributed by atoms with Gasteiger partial charge >= 0.3 is 12.5 Å². The Labute approximate surface area is 44.5 Å². The molecule has 0 bridgehead atoms. The van der Waals surface area contributed by atoms with Crippen molar-refractivity contribution in [3.05, 3.63) is 0 Å². The maximum absolute atomic E-state index is 7.60. The van der Waals surface area contributed by atoms with E-state index in [2.05, 4.69) is 20.2 Å². The van der Waals surface area contributed by atoms with E-state index in [4.69, 9.17) is 10.5 Å². The van der Waals surface area contributed by atoms with E-state index in [0.29, 0.717) is 0 Å². The summed E-state index contributed by atoms with van der Waals surface area (Å²) in [6.45, 7) is 0. The predicted octanol–water partition coefficient (Wildman–Crippen LogP) is 0.264. The van der Waals surface area contributed by atoms with Crippen molar-refractivity contribution in [1.82, 2.24) is 0 Å². The lowest BCUT2D eigenvalue weighted by molar-refractivity contribution is 0.160. The van der Waals surface area contributed by atoms with Crippen LogP contribution in [-0.2, 0) is 9.68 Å². The molecule has 0 rings (SSSR count). The summed E-state index contributed by atoms with van der Waals surface area (Å²) in [6, 6.07) is 0. The fourth-order valence-electron chi connectivity index (χ4n) is 0.0698. The summed E-state index contributed by atoms with van der Waals surface area (Å²) in [5.74, 6) is 0. The SMILES string of the molecule is N#CON=NOC#N. The highest BCUT2D eigenvalue weighted by atomic mass is 16.7. The molecule has 0 saturated carbocycles. The Morgan fingerprint density at radius 1 is 1.00 bits per heavy atom. The monoisotopic (exact) mass is 112 g/mol. The lowest BCUT2D eigenvalue weighted by Crippen LogP contribution is -1.65. The number of rotatable bonds is 2. The molecule has 0 aromatic carbocycles. The maximum atomic E-state index is 7.60. The normalized spacial score (nSPS) is 7.25. The Balaban J connectivity index is 3.14. The van der Waals surface area contributed by atoms with Gasteiger partial charge in [0.15, 0.2) is 0 Å². The summed E-state index contributed by atoms with van der Waals surface area (Å²) in [5.41, 5.74) is 0. The average Bonchev–Trinajstić information content (AvgIpc) is 1.81. The van der Waals surface area contributed by atoms with Crippen LogP contribution in [-0.4, -0.2) is 0 Å². The number of nitrogens with zero attached hydrogens (tertiary/aromatic N) is 4. The lowest BCUT2D eigenvalue weighted by atomic mass is 11.6. The molecule has 8 heavy (non-hydrogen) atoms. The molecule has 0 aromatic rings. The first kappa shape index (κ1) is 6.18. The number of hydrogen-bond acceptors (Lipinski definition) is 6. The van der Waals surface area contributed by atoms with Gasteiger partial charge in [-0.2, -0.15) is 0 Å². The molecule has 0 fully saturated rings. The molecule has 0 spiro atoms. The predicted molar refractivity (Wildman–Crippen MR) is 18.3 cm³/mol. The van der Waals surface area contributed by atoms with E-state index in [0.717, 1.165) is 0 Å². The molecular formula is C2N4O2. The highest BCUT2D eigenvalue weighted by molar-refractivity contribution is 4.41. The number of hydrogen-bond donors (Lipinski definition) is 0. The van der Waals surface area contributed by atoms with E-state index in [1.54, 1.807) is 0 Å². The topological polar surface area (TPSA) is 90.8 Å². The van der Waals surface area contributed by atoms with Crippen molar-refractivity contribution in [2.24, 2.45) is 10.6 Å². The third kappa shape index (κ3) is 4.18. The fraction of sp³-hybridized carbons (Fsp3) is 0. The van der Waals surface area contributed by atoms with E-state index in [1.165, 1.54) is 12.5 Å². The first-order chi connectivity index (χ1) is 3.91. The zero-order valence-electron chi connectivity index (χ0n) is 3.61. The molecule has 0 N–H and O–H groups in total. The molecular weight excluding hydrogens is 112 g/mol. The Bertz CT molecular complexity index is 132. The minimum Gasteiger partial charge on any atom is -0.253 e. The van der Waals surface area contributed by atoms with Crippen LogP contribution in [0.5, 0.6) is 0 Å². The summed E-state index contributed by atoms with van der Waals surface area (Å²) in [4.78, 5) is 7.25. The van der Waals surface area contributed by atoms with Gasteiger partial charge in [-0.3, -0.25) is 9.68 Å². The van der Waals surface area contributed by atoms with Gasteiger partial charge in [0.1, 0.15) is 0 Å². The highest BCUT2D eigenvalue weighted by Crippen LogP contribution is 1.75.